The fourth-order valence-corrected chi connectivity index (χ4v) is 7.77. The highest BCUT2D eigenvalue weighted by Gasteiger charge is 2.40. The van der Waals surface area contributed by atoms with Crippen molar-refractivity contribution in [1.29, 1.82) is 0 Å². The standard InChI is InChI=1S/C44H27F7N6O12S3/c45-39(57-69-72(62,63)36-14-8-3-9-15-36)30-20-26-33(27-21-30)66-42-53-40(64-31-22-16-28(17-23-31)37(43(46,47)48)55-67-70(58,59)34-10-4-1-5-11-34)52-41(54-42)65-32-24-18-29(19-25-32)38(44(49,50)51)56-68-71(60,61)35-12-6-2-7-13-35/h1-27H/b55-37-,56-38-,57-39-. The number of hydrogen-bond acceptors (Lipinski definition) is 18. The van der Waals surface area contributed by atoms with Crippen molar-refractivity contribution in [2.24, 2.45) is 15.5 Å². The molecule has 28 heteroatoms. The highest BCUT2D eigenvalue weighted by molar-refractivity contribution is 7.87. The zero-order valence-electron chi connectivity index (χ0n) is 35.5. The van der Waals surface area contributed by atoms with Gasteiger partial charge in [-0.3, -0.25) is 12.9 Å². The second kappa shape index (κ2) is 21.2. The van der Waals surface area contributed by atoms with E-state index in [0.717, 1.165) is 97.1 Å². The Balaban J connectivity index is 1.15. The first-order valence-corrected chi connectivity index (χ1v) is 23.9. The molecule has 0 radical (unpaired) electrons. The maximum absolute atomic E-state index is 14.9. The first kappa shape index (κ1) is 51.4. The van der Waals surface area contributed by atoms with Gasteiger partial charge in [0.15, 0.2) is 11.4 Å². The zero-order valence-corrected chi connectivity index (χ0v) is 38.0. The van der Waals surface area contributed by atoms with Crippen LogP contribution in [0.25, 0.3) is 0 Å². The van der Waals surface area contributed by atoms with E-state index in [0.29, 0.717) is 0 Å². The lowest BCUT2D eigenvalue weighted by atomic mass is 10.1. The lowest BCUT2D eigenvalue weighted by molar-refractivity contribution is -0.0606. The maximum Gasteiger partial charge on any atom is 0.437 e. The molecule has 0 aliphatic carbocycles. The maximum atomic E-state index is 14.9. The average molecular weight is 1060 g/mol. The Labute approximate surface area is 402 Å². The fourth-order valence-electron chi connectivity index (χ4n) is 5.53. The molecule has 0 spiro atoms. The number of alkyl halides is 6. The first-order chi connectivity index (χ1) is 34.1. The average Bonchev–Trinajstić information content (AvgIpc) is 3.34. The van der Waals surface area contributed by atoms with Gasteiger partial charge in [-0.05, 0) is 114 Å². The number of rotatable bonds is 18. The number of benzene rings is 6. The SMILES string of the molecule is O=S(=O)(O/N=C(\F)c1ccc(Oc2nc(Oc3ccc(/C(=N/OS(=O)(=O)c4ccccc4)C(F)(F)F)cc3)nc(Oc3ccc(/C(=N/OS(=O)(=O)c4ccccc4)C(F)(F)F)cc3)n2)cc1)c1ccccc1. The highest BCUT2D eigenvalue weighted by atomic mass is 32.2. The van der Waals surface area contributed by atoms with E-state index in [1.165, 1.54) is 60.7 Å². The first-order valence-electron chi connectivity index (χ1n) is 19.7. The lowest BCUT2D eigenvalue weighted by Crippen LogP contribution is -2.25. The molecule has 72 heavy (non-hydrogen) atoms. The van der Waals surface area contributed by atoms with Gasteiger partial charge in [0, 0.05) is 16.7 Å². The summed E-state index contributed by atoms with van der Waals surface area (Å²) in [7, 11) is -14.0. The van der Waals surface area contributed by atoms with E-state index >= 15 is 0 Å². The lowest BCUT2D eigenvalue weighted by Gasteiger charge is -2.12. The second-order valence-electron chi connectivity index (χ2n) is 13.8. The quantitative estimate of drug-likeness (QED) is 0.0442. The Morgan fingerprint density at radius 1 is 0.375 bits per heavy atom. The van der Waals surface area contributed by atoms with E-state index in [4.69, 9.17) is 14.2 Å². The smallest absolute Gasteiger partial charge is 0.424 e. The van der Waals surface area contributed by atoms with Crippen molar-refractivity contribution >= 4 is 47.7 Å². The summed E-state index contributed by atoms with van der Waals surface area (Å²) in [6, 6.07) is 29.0. The van der Waals surface area contributed by atoms with Crippen LogP contribution >= 0.6 is 0 Å². The predicted octanol–water partition coefficient (Wildman–Crippen LogP) is 9.63. The summed E-state index contributed by atoms with van der Waals surface area (Å²) < 4.78 is 204. The molecular weight excluding hydrogens is 1030 g/mol. The van der Waals surface area contributed by atoms with Crippen LogP contribution in [0.5, 0.6) is 35.3 Å². The Bertz CT molecular complexity index is 3310. The van der Waals surface area contributed by atoms with Crippen molar-refractivity contribution in [3.63, 3.8) is 0 Å². The van der Waals surface area contributed by atoms with Crippen LogP contribution in [0, 0.1) is 0 Å². The highest BCUT2D eigenvalue weighted by Crippen LogP contribution is 2.31. The van der Waals surface area contributed by atoms with E-state index in [1.807, 2.05) is 0 Å². The Morgan fingerprint density at radius 2 is 0.639 bits per heavy atom. The van der Waals surface area contributed by atoms with Crippen molar-refractivity contribution in [2.45, 2.75) is 27.0 Å². The van der Waals surface area contributed by atoms with Crippen LogP contribution in [0.1, 0.15) is 16.7 Å². The third-order valence-electron chi connectivity index (χ3n) is 8.85. The molecular formula is C44H27F7N6O12S3. The molecule has 6 aromatic carbocycles. The van der Waals surface area contributed by atoms with Crippen LogP contribution in [-0.2, 0) is 43.2 Å². The minimum absolute atomic E-state index is 0.118. The van der Waals surface area contributed by atoms with Crippen molar-refractivity contribution in [2.75, 3.05) is 0 Å². The largest absolute Gasteiger partial charge is 0.437 e. The zero-order chi connectivity index (χ0) is 51.7. The molecule has 372 valence electrons. The molecule has 1 aromatic heterocycles. The Hall–Kier alpha value is -8.50. The molecule has 0 amide bonds. The van der Waals surface area contributed by atoms with Gasteiger partial charge in [0.25, 0.3) is 5.97 Å². The number of ether oxygens (including phenoxy) is 3. The molecule has 0 saturated heterocycles. The van der Waals surface area contributed by atoms with E-state index in [-0.39, 0.29) is 27.7 Å². The van der Waals surface area contributed by atoms with Gasteiger partial charge in [-0.2, -0.15) is 56.0 Å². The molecule has 0 atom stereocenters. The molecule has 7 rings (SSSR count). The summed E-state index contributed by atoms with van der Waals surface area (Å²) in [5.41, 5.74) is -5.13. The van der Waals surface area contributed by atoms with E-state index < -0.39 is 99.0 Å². The number of hydrogen-bond donors (Lipinski definition) is 0. The van der Waals surface area contributed by atoms with Gasteiger partial charge in [0.05, 0.1) is 0 Å². The van der Waals surface area contributed by atoms with Gasteiger partial charge in [-0.15, -0.1) is 15.0 Å². The van der Waals surface area contributed by atoms with Crippen molar-refractivity contribution in [3.8, 4) is 35.3 Å². The van der Waals surface area contributed by atoms with Gasteiger partial charge in [0.1, 0.15) is 31.9 Å². The normalized spacial score (nSPS) is 13.0. The second-order valence-corrected chi connectivity index (χ2v) is 18.4. The van der Waals surface area contributed by atoms with Crippen LogP contribution in [0.15, 0.2) is 194 Å². The van der Waals surface area contributed by atoms with E-state index in [1.54, 1.807) is 6.07 Å². The topological polar surface area (TPSA) is 234 Å². The van der Waals surface area contributed by atoms with Crippen molar-refractivity contribution in [1.82, 2.24) is 15.0 Å². The number of aromatic nitrogens is 3. The summed E-state index contributed by atoms with van der Waals surface area (Å²) in [5, 5.41) is 8.80. The monoisotopic (exact) mass is 1060 g/mol. The Kier molecular flexibility index (Phi) is 15.1. The summed E-state index contributed by atoms with van der Waals surface area (Å²) >= 11 is 0. The molecule has 0 saturated carbocycles. The van der Waals surface area contributed by atoms with E-state index in [2.05, 4.69) is 43.3 Å². The molecule has 0 fully saturated rings. The summed E-state index contributed by atoms with van der Waals surface area (Å²) in [5.74, 6) is -1.98. The molecule has 18 nitrogen and oxygen atoms in total. The molecule has 0 bridgehead atoms. The Morgan fingerprint density at radius 3 is 0.917 bits per heavy atom. The number of oxime groups is 3. The van der Waals surface area contributed by atoms with Crippen LogP contribution < -0.4 is 14.2 Å². The van der Waals surface area contributed by atoms with Crippen LogP contribution in [0.2, 0.25) is 0 Å². The van der Waals surface area contributed by atoms with Crippen LogP contribution in [0.4, 0.5) is 30.7 Å². The van der Waals surface area contributed by atoms with Gasteiger partial charge in [0.2, 0.25) is 0 Å². The van der Waals surface area contributed by atoms with Crippen LogP contribution in [0.3, 0.4) is 0 Å². The minimum Gasteiger partial charge on any atom is -0.424 e. The van der Waals surface area contributed by atoms with Crippen LogP contribution in [-0.4, -0.2) is 69.9 Å². The molecule has 1 heterocycles. The molecule has 0 aliphatic heterocycles. The number of halogens is 7. The van der Waals surface area contributed by atoms with E-state index in [9.17, 15) is 56.0 Å². The number of nitrogens with zero attached hydrogens (tertiary/aromatic N) is 6. The molecule has 0 unspecified atom stereocenters. The molecule has 7 aromatic rings. The van der Waals surface area contributed by atoms with Gasteiger partial charge in [-0.25, -0.2) is 0 Å². The molecule has 0 N–H and O–H groups in total. The van der Waals surface area contributed by atoms with Gasteiger partial charge < -0.3 is 14.2 Å². The minimum atomic E-state index is -5.23. The summed E-state index contributed by atoms with van der Waals surface area (Å²) in [6.45, 7) is 0. The third kappa shape index (κ3) is 13.4. The summed E-state index contributed by atoms with van der Waals surface area (Å²) in [4.78, 5) is 10.7. The predicted molar refractivity (Wildman–Crippen MR) is 236 cm³/mol. The van der Waals surface area contributed by atoms with Crippen molar-refractivity contribution in [3.05, 3.63) is 180 Å². The third-order valence-corrected chi connectivity index (χ3v) is 12.2. The van der Waals surface area contributed by atoms with Crippen molar-refractivity contribution < 1.29 is 83.0 Å². The van der Waals surface area contributed by atoms with Gasteiger partial charge >= 0.3 is 60.7 Å². The fraction of sp³-hybridized carbons (Fsp3) is 0.0455. The summed E-state index contributed by atoms with van der Waals surface area (Å²) in [6.07, 6.45) is -10.5. The van der Waals surface area contributed by atoms with Gasteiger partial charge in [-0.1, -0.05) is 64.9 Å². The molecule has 0 aliphatic rings.